The quantitative estimate of drug-likeness (QED) is 0.904. The van der Waals surface area contributed by atoms with Gasteiger partial charge in [-0.25, -0.2) is 4.39 Å². The van der Waals surface area contributed by atoms with E-state index in [9.17, 15) is 4.39 Å². The molecule has 1 atom stereocenters. The first kappa shape index (κ1) is 12.6. The third-order valence-corrected chi connectivity index (χ3v) is 3.65. The summed E-state index contributed by atoms with van der Waals surface area (Å²) in [6.45, 7) is 0. The molecule has 1 aromatic carbocycles. The van der Waals surface area contributed by atoms with Gasteiger partial charge in [-0.3, -0.25) is 4.98 Å². The Labute approximate surface area is 117 Å². The first-order chi connectivity index (χ1) is 9.79. The van der Waals surface area contributed by atoms with Crippen molar-refractivity contribution in [1.29, 1.82) is 5.26 Å². The van der Waals surface area contributed by atoms with Crippen LogP contribution in [-0.2, 0) is 6.42 Å². The molecule has 2 aromatic rings. The zero-order valence-corrected chi connectivity index (χ0v) is 10.9. The Bertz CT molecular complexity index is 676. The Morgan fingerprint density at radius 2 is 2.20 bits per heavy atom. The molecular formula is C16H14FN3. The van der Waals surface area contributed by atoms with Gasteiger partial charge in [0.05, 0.1) is 17.4 Å². The maximum absolute atomic E-state index is 13.6. The fourth-order valence-corrected chi connectivity index (χ4v) is 2.70. The Kier molecular flexibility index (Phi) is 3.34. The second-order valence-electron chi connectivity index (χ2n) is 4.91. The maximum Gasteiger partial charge on any atom is 0.143 e. The zero-order chi connectivity index (χ0) is 13.9. The van der Waals surface area contributed by atoms with E-state index in [4.69, 9.17) is 5.26 Å². The number of nitrogens with one attached hydrogen (secondary N) is 1. The highest BCUT2D eigenvalue weighted by Crippen LogP contribution is 2.32. The SMILES string of the molecule is N#Cc1c(F)cccc1NC1CCCc2cccnc21. The predicted molar refractivity (Wildman–Crippen MR) is 74.7 cm³/mol. The molecule has 0 saturated carbocycles. The molecule has 1 aliphatic rings. The fourth-order valence-electron chi connectivity index (χ4n) is 2.70. The molecule has 1 heterocycles. The van der Waals surface area contributed by atoms with Crippen LogP contribution in [0.15, 0.2) is 36.5 Å². The zero-order valence-electron chi connectivity index (χ0n) is 10.9. The van der Waals surface area contributed by atoms with Crippen molar-refractivity contribution in [3.8, 4) is 6.07 Å². The van der Waals surface area contributed by atoms with Crippen LogP contribution in [-0.4, -0.2) is 4.98 Å². The number of halogens is 1. The van der Waals surface area contributed by atoms with Gasteiger partial charge >= 0.3 is 0 Å². The summed E-state index contributed by atoms with van der Waals surface area (Å²) in [5.41, 5.74) is 2.84. The summed E-state index contributed by atoms with van der Waals surface area (Å²) >= 11 is 0. The molecule has 1 N–H and O–H groups in total. The number of benzene rings is 1. The highest BCUT2D eigenvalue weighted by molar-refractivity contribution is 5.59. The monoisotopic (exact) mass is 267 g/mol. The number of hydrogen-bond donors (Lipinski definition) is 1. The van der Waals surface area contributed by atoms with E-state index in [0.29, 0.717) is 5.69 Å². The highest BCUT2D eigenvalue weighted by atomic mass is 19.1. The Hall–Kier alpha value is -2.41. The molecule has 4 heteroatoms. The number of anilines is 1. The van der Waals surface area contributed by atoms with Crippen LogP contribution in [0.25, 0.3) is 0 Å². The summed E-state index contributed by atoms with van der Waals surface area (Å²) in [4.78, 5) is 4.44. The van der Waals surface area contributed by atoms with Crippen molar-refractivity contribution >= 4 is 5.69 Å². The van der Waals surface area contributed by atoms with Gasteiger partial charge in [-0.15, -0.1) is 0 Å². The number of aromatic nitrogens is 1. The molecule has 0 fully saturated rings. The van der Waals surface area contributed by atoms with E-state index in [1.54, 1.807) is 18.3 Å². The van der Waals surface area contributed by atoms with Gasteiger partial charge in [-0.05, 0) is 43.0 Å². The van der Waals surface area contributed by atoms with Crippen LogP contribution in [0.4, 0.5) is 10.1 Å². The van der Waals surface area contributed by atoms with Crippen LogP contribution >= 0.6 is 0 Å². The third kappa shape index (κ3) is 2.23. The van der Waals surface area contributed by atoms with Gasteiger partial charge in [-0.1, -0.05) is 12.1 Å². The minimum absolute atomic E-state index is 0.0360. The average molecular weight is 267 g/mol. The van der Waals surface area contributed by atoms with Gasteiger partial charge in [0.25, 0.3) is 0 Å². The lowest BCUT2D eigenvalue weighted by Gasteiger charge is -2.26. The smallest absolute Gasteiger partial charge is 0.143 e. The Morgan fingerprint density at radius 3 is 3.05 bits per heavy atom. The van der Waals surface area contributed by atoms with Gasteiger partial charge in [0.15, 0.2) is 0 Å². The average Bonchev–Trinajstić information content (AvgIpc) is 2.48. The van der Waals surface area contributed by atoms with Crippen LogP contribution < -0.4 is 5.32 Å². The van der Waals surface area contributed by atoms with Crippen molar-refractivity contribution in [1.82, 2.24) is 4.98 Å². The largest absolute Gasteiger partial charge is 0.375 e. The Balaban J connectivity index is 1.94. The number of rotatable bonds is 2. The molecule has 100 valence electrons. The van der Waals surface area contributed by atoms with Crippen molar-refractivity contribution in [2.45, 2.75) is 25.3 Å². The summed E-state index contributed by atoms with van der Waals surface area (Å²) in [7, 11) is 0. The van der Waals surface area contributed by atoms with Gasteiger partial charge in [-0.2, -0.15) is 5.26 Å². The first-order valence-corrected chi connectivity index (χ1v) is 6.68. The fraction of sp³-hybridized carbons (Fsp3) is 0.250. The number of fused-ring (bicyclic) bond motifs is 1. The molecule has 0 amide bonds. The lowest BCUT2D eigenvalue weighted by atomic mass is 9.91. The van der Waals surface area contributed by atoms with E-state index < -0.39 is 5.82 Å². The van der Waals surface area contributed by atoms with Crippen LogP contribution in [0.1, 0.15) is 35.7 Å². The first-order valence-electron chi connectivity index (χ1n) is 6.68. The summed E-state index contributed by atoms with van der Waals surface area (Å²) in [5.74, 6) is -0.491. The molecule has 0 aliphatic heterocycles. The number of aryl methyl sites for hydroxylation is 1. The minimum atomic E-state index is -0.491. The highest BCUT2D eigenvalue weighted by Gasteiger charge is 2.22. The molecule has 1 aliphatic carbocycles. The van der Waals surface area contributed by atoms with Crippen molar-refractivity contribution in [3.63, 3.8) is 0 Å². The molecule has 3 nitrogen and oxygen atoms in total. The number of nitrogens with zero attached hydrogens (tertiary/aromatic N) is 2. The van der Waals surface area contributed by atoms with E-state index in [-0.39, 0.29) is 11.6 Å². The van der Waals surface area contributed by atoms with Crippen LogP contribution in [0, 0.1) is 17.1 Å². The van der Waals surface area contributed by atoms with Gasteiger partial charge < -0.3 is 5.32 Å². The number of nitriles is 1. The predicted octanol–water partition coefficient (Wildman–Crippen LogP) is 3.58. The molecule has 0 saturated heterocycles. The van der Waals surface area contributed by atoms with Crippen molar-refractivity contribution in [2.24, 2.45) is 0 Å². The molecule has 0 spiro atoms. The summed E-state index contributed by atoms with van der Waals surface area (Å²) < 4.78 is 13.6. The number of pyridine rings is 1. The maximum atomic E-state index is 13.6. The lowest BCUT2D eigenvalue weighted by molar-refractivity contribution is 0.581. The van der Waals surface area contributed by atoms with Crippen molar-refractivity contribution in [2.75, 3.05) is 5.32 Å². The van der Waals surface area contributed by atoms with Gasteiger partial charge in [0, 0.05) is 6.20 Å². The van der Waals surface area contributed by atoms with E-state index in [2.05, 4.69) is 16.4 Å². The van der Waals surface area contributed by atoms with Crippen LogP contribution in [0.5, 0.6) is 0 Å². The summed E-state index contributed by atoms with van der Waals surface area (Å²) in [6, 6.07) is 10.6. The van der Waals surface area contributed by atoms with Crippen molar-refractivity contribution in [3.05, 3.63) is 59.2 Å². The number of hydrogen-bond acceptors (Lipinski definition) is 3. The second-order valence-corrected chi connectivity index (χ2v) is 4.91. The van der Waals surface area contributed by atoms with Crippen LogP contribution in [0.2, 0.25) is 0 Å². The second kappa shape index (κ2) is 5.30. The molecule has 1 unspecified atom stereocenters. The lowest BCUT2D eigenvalue weighted by Crippen LogP contribution is -2.19. The Morgan fingerprint density at radius 1 is 1.30 bits per heavy atom. The van der Waals surface area contributed by atoms with E-state index in [0.717, 1.165) is 25.0 Å². The standard InChI is InChI=1S/C16H14FN3/c17-13-6-2-7-14(12(13)10-18)20-15-8-1-4-11-5-3-9-19-16(11)15/h2-3,5-7,9,15,20H,1,4,8H2. The van der Waals surface area contributed by atoms with E-state index >= 15 is 0 Å². The van der Waals surface area contributed by atoms with Crippen molar-refractivity contribution < 1.29 is 4.39 Å². The third-order valence-electron chi connectivity index (χ3n) is 3.65. The molecular weight excluding hydrogens is 253 g/mol. The van der Waals surface area contributed by atoms with Gasteiger partial charge in [0.1, 0.15) is 17.4 Å². The minimum Gasteiger partial charge on any atom is -0.375 e. The summed E-state index contributed by atoms with van der Waals surface area (Å²) in [5, 5.41) is 12.4. The topological polar surface area (TPSA) is 48.7 Å². The molecule has 0 radical (unpaired) electrons. The normalized spacial score (nSPS) is 17.1. The molecule has 20 heavy (non-hydrogen) atoms. The van der Waals surface area contributed by atoms with E-state index in [1.807, 2.05) is 12.1 Å². The van der Waals surface area contributed by atoms with Gasteiger partial charge in [0.2, 0.25) is 0 Å². The molecule has 3 rings (SSSR count). The summed E-state index contributed by atoms with van der Waals surface area (Å²) in [6.07, 6.45) is 4.80. The molecule has 0 bridgehead atoms. The van der Waals surface area contributed by atoms with Crippen LogP contribution in [0.3, 0.4) is 0 Å². The molecule has 1 aromatic heterocycles. The van der Waals surface area contributed by atoms with E-state index in [1.165, 1.54) is 11.6 Å².